The van der Waals surface area contributed by atoms with E-state index >= 15 is 0 Å². The van der Waals surface area contributed by atoms with Crippen LogP contribution in [0.5, 0.6) is 5.75 Å². The minimum absolute atomic E-state index is 0.232. The maximum Gasteiger partial charge on any atom is 0.335 e. The fraction of sp³-hybridized carbons (Fsp3) is 0.227. The molecule has 2 aromatic rings. The molecule has 2 N–H and O–H groups in total. The summed E-state index contributed by atoms with van der Waals surface area (Å²) in [7, 11) is 0. The SMILES string of the molecule is CCOc1ccc(/C=C2\SC(=O)N(CCNCc3ccc(C(=O)O)cc3)C2=O)cc1. The number of rotatable bonds is 9. The maximum atomic E-state index is 12.6. The number of nitrogens with zero attached hydrogens (tertiary/aromatic N) is 1. The number of carboxylic acids is 1. The lowest BCUT2D eigenvalue weighted by Gasteiger charge is -2.13. The first-order valence-corrected chi connectivity index (χ1v) is 10.3. The molecule has 0 aliphatic carbocycles. The van der Waals surface area contributed by atoms with Crippen molar-refractivity contribution < 1.29 is 24.2 Å². The van der Waals surface area contributed by atoms with Crippen LogP contribution in [-0.4, -0.2) is 46.8 Å². The third kappa shape index (κ3) is 5.49. The normalized spacial score (nSPS) is 15.1. The highest BCUT2D eigenvalue weighted by atomic mass is 32.2. The molecule has 8 heteroatoms. The highest BCUT2D eigenvalue weighted by molar-refractivity contribution is 8.18. The number of benzene rings is 2. The molecule has 1 saturated heterocycles. The van der Waals surface area contributed by atoms with E-state index in [-0.39, 0.29) is 23.3 Å². The van der Waals surface area contributed by atoms with Crippen LogP contribution in [0.15, 0.2) is 53.4 Å². The Labute approximate surface area is 178 Å². The zero-order valence-electron chi connectivity index (χ0n) is 16.5. The van der Waals surface area contributed by atoms with Crippen molar-refractivity contribution >= 4 is 35.0 Å². The number of carbonyl (C=O) groups excluding carboxylic acids is 2. The van der Waals surface area contributed by atoms with E-state index in [4.69, 9.17) is 9.84 Å². The van der Waals surface area contributed by atoms with Crippen LogP contribution in [0.4, 0.5) is 4.79 Å². The third-order valence-corrected chi connectivity index (χ3v) is 5.31. The number of hydrogen-bond donors (Lipinski definition) is 2. The van der Waals surface area contributed by atoms with Gasteiger partial charge in [0.2, 0.25) is 0 Å². The first-order valence-electron chi connectivity index (χ1n) is 9.49. The van der Waals surface area contributed by atoms with Crippen LogP contribution in [0.25, 0.3) is 6.08 Å². The highest BCUT2D eigenvalue weighted by Crippen LogP contribution is 2.32. The summed E-state index contributed by atoms with van der Waals surface area (Å²) in [5.74, 6) is -0.509. The Hall–Kier alpha value is -3.10. The van der Waals surface area contributed by atoms with Gasteiger partial charge in [-0.15, -0.1) is 0 Å². The van der Waals surface area contributed by atoms with Crippen molar-refractivity contribution in [3.05, 3.63) is 70.1 Å². The van der Waals surface area contributed by atoms with Crippen molar-refractivity contribution in [2.45, 2.75) is 13.5 Å². The molecule has 0 spiro atoms. The van der Waals surface area contributed by atoms with E-state index < -0.39 is 5.97 Å². The number of ether oxygens (including phenoxy) is 1. The number of carboxylic acid groups (broad SMARTS) is 1. The summed E-state index contributed by atoms with van der Waals surface area (Å²) >= 11 is 0.934. The molecule has 1 aliphatic heterocycles. The van der Waals surface area contributed by atoms with Gasteiger partial charge in [0.05, 0.1) is 17.1 Å². The molecular formula is C22H22N2O5S. The summed E-state index contributed by atoms with van der Waals surface area (Å²) < 4.78 is 5.40. The quantitative estimate of drug-likeness (QED) is 0.467. The van der Waals surface area contributed by atoms with Crippen LogP contribution in [0.1, 0.15) is 28.4 Å². The van der Waals surface area contributed by atoms with Gasteiger partial charge in [-0.25, -0.2) is 4.79 Å². The van der Waals surface area contributed by atoms with Crippen molar-refractivity contribution in [2.24, 2.45) is 0 Å². The van der Waals surface area contributed by atoms with Gasteiger partial charge in [-0.2, -0.15) is 0 Å². The molecule has 0 unspecified atom stereocenters. The molecule has 0 saturated carbocycles. The summed E-state index contributed by atoms with van der Waals surface area (Å²) in [6.45, 7) is 3.71. The number of imide groups is 1. The van der Waals surface area contributed by atoms with E-state index in [1.54, 1.807) is 30.3 Å². The minimum Gasteiger partial charge on any atom is -0.494 e. The lowest BCUT2D eigenvalue weighted by atomic mass is 10.1. The van der Waals surface area contributed by atoms with E-state index in [9.17, 15) is 14.4 Å². The van der Waals surface area contributed by atoms with Gasteiger partial charge in [-0.05, 0) is 60.2 Å². The smallest absolute Gasteiger partial charge is 0.335 e. The highest BCUT2D eigenvalue weighted by Gasteiger charge is 2.34. The summed E-state index contributed by atoms with van der Waals surface area (Å²) in [5, 5.41) is 11.8. The number of amides is 2. The fourth-order valence-electron chi connectivity index (χ4n) is 2.86. The largest absolute Gasteiger partial charge is 0.494 e. The van der Waals surface area contributed by atoms with E-state index in [2.05, 4.69) is 5.32 Å². The number of thioether (sulfide) groups is 1. The lowest BCUT2D eigenvalue weighted by Crippen LogP contribution is -2.35. The second kappa shape index (κ2) is 10.1. The topological polar surface area (TPSA) is 95.9 Å². The zero-order valence-corrected chi connectivity index (χ0v) is 17.3. The Morgan fingerprint density at radius 1 is 1.13 bits per heavy atom. The van der Waals surface area contributed by atoms with Gasteiger partial charge < -0.3 is 15.2 Å². The van der Waals surface area contributed by atoms with Crippen LogP contribution in [0, 0.1) is 0 Å². The lowest BCUT2D eigenvalue weighted by molar-refractivity contribution is -0.122. The van der Waals surface area contributed by atoms with Gasteiger partial charge in [-0.3, -0.25) is 14.5 Å². The van der Waals surface area contributed by atoms with Crippen molar-refractivity contribution in [1.29, 1.82) is 0 Å². The Morgan fingerprint density at radius 3 is 2.47 bits per heavy atom. The monoisotopic (exact) mass is 426 g/mol. The van der Waals surface area contributed by atoms with E-state index in [1.807, 2.05) is 31.2 Å². The third-order valence-electron chi connectivity index (χ3n) is 4.40. The fourth-order valence-corrected chi connectivity index (χ4v) is 3.72. The molecule has 0 atom stereocenters. The number of hydrogen-bond acceptors (Lipinski definition) is 6. The first-order chi connectivity index (χ1) is 14.5. The van der Waals surface area contributed by atoms with Crippen LogP contribution >= 0.6 is 11.8 Å². The van der Waals surface area contributed by atoms with Crippen molar-refractivity contribution in [2.75, 3.05) is 19.7 Å². The van der Waals surface area contributed by atoms with Gasteiger partial charge in [0.25, 0.3) is 11.1 Å². The second-order valence-corrected chi connectivity index (χ2v) is 7.51. The maximum absolute atomic E-state index is 12.6. The molecule has 1 aliphatic rings. The number of aromatic carboxylic acids is 1. The van der Waals surface area contributed by atoms with Crippen LogP contribution in [0.3, 0.4) is 0 Å². The van der Waals surface area contributed by atoms with Gasteiger partial charge in [0.15, 0.2) is 0 Å². The number of carbonyl (C=O) groups is 3. The number of nitrogens with one attached hydrogen (secondary N) is 1. The Bertz CT molecular complexity index is 954. The van der Waals surface area contributed by atoms with Crippen LogP contribution < -0.4 is 10.1 Å². The van der Waals surface area contributed by atoms with Crippen molar-refractivity contribution in [1.82, 2.24) is 10.2 Å². The molecule has 7 nitrogen and oxygen atoms in total. The van der Waals surface area contributed by atoms with Crippen LogP contribution in [-0.2, 0) is 11.3 Å². The molecule has 1 heterocycles. The summed E-state index contributed by atoms with van der Waals surface area (Å²) in [6.07, 6.45) is 1.71. The zero-order chi connectivity index (χ0) is 21.5. The van der Waals surface area contributed by atoms with Gasteiger partial charge >= 0.3 is 5.97 Å². The molecule has 0 bridgehead atoms. The Balaban J connectivity index is 1.51. The Morgan fingerprint density at radius 2 is 1.83 bits per heavy atom. The molecule has 1 fully saturated rings. The predicted molar refractivity (Wildman–Crippen MR) is 115 cm³/mol. The van der Waals surface area contributed by atoms with E-state index in [0.29, 0.717) is 24.6 Å². The van der Waals surface area contributed by atoms with E-state index in [1.165, 1.54) is 4.90 Å². The average Bonchev–Trinajstić information content (AvgIpc) is 3.00. The summed E-state index contributed by atoms with van der Waals surface area (Å²) in [5.41, 5.74) is 1.98. The van der Waals surface area contributed by atoms with Gasteiger partial charge in [-0.1, -0.05) is 24.3 Å². The van der Waals surface area contributed by atoms with Gasteiger partial charge in [0.1, 0.15) is 5.75 Å². The molecule has 0 radical (unpaired) electrons. The molecule has 2 amide bonds. The first kappa shape index (κ1) is 21.6. The summed E-state index contributed by atoms with van der Waals surface area (Å²) in [4.78, 5) is 37.3. The van der Waals surface area contributed by atoms with Gasteiger partial charge in [0, 0.05) is 19.6 Å². The molecule has 30 heavy (non-hydrogen) atoms. The minimum atomic E-state index is -0.966. The summed E-state index contributed by atoms with van der Waals surface area (Å²) in [6, 6.07) is 13.9. The molecule has 0 aromatic heterocycles. The Kier molecular flexibility index (Phi) is 7.26. The molecular weight excluding hydrogens is 404 g/mol. The molecule has 2 aromatic carbocycles. The average molecular weight is 426 g/mol. The van der Waals surface area contributed by atoms with Crippen molar-refractivity contribution in [3.8, 4) is 5.75 Å². The molecule has 156 valence electrons. The van der Waals surface area contributed by atoms with Crippen molar-refractivity contribution in [3.63, 3.8) is 0 Å². The van der Waals surface area contributed by atoms with Crippen LogP contribution in [0.2, 0.25) is 0 Å². The molecule has 3 rings (SSSR count). The standard InChI is InChI=1S/C22H22N2O5S/c1-2-29-18-9-5-15(6-10-18)13-19-20(25)24(22(28)30-19)12-11-23-14-16-3-7-17(8-4-16)21(26)27/h3-10,13,23H,2,11-12,14H2,1H3,(H,26,27)/b19-13-. The van der Waals surface area contributed by atoms with E-state index in [0.717, 1.165) is 28.6 Å². The predicted octanol–water partition coefficient (Wildman–Crippen LogP) is 3.61. The second-order valence-electron chi connectivity index (χ2n) is 6.51.